The summed E-state index contributed by atoms with van der Waals surface area (Å²) in [6, 6.07) is 25.3. The topological polar surface area (TPSA) is 57.8 Å². The highest BCUT2D eigenvalue weighted by Crippen LogP contribution is 2.31. The fraction of sp³-hybridized carbons (Fsp3) is 0.154. The summed E-state index contributed by atoms with van der Waals surface area (Å²) in [6.45, 7) is 5.97. The van der Waals surface area contributed by atoms with Gasteiger partial charge in [-0.3, -0.25) is 4.99 Å². The summed E-state index contributed by atoms with van der Waals surface area (Å²) in [6.07, 6.45) is 1.57. The molecule has 0 radical (unpaired) electrons. The maximum Gasteiger partial charge on any atom is 0.347 e. The van der Waals surface area contributed by atoms with Crippen LogP contribution in [0.1, 0.15) is 19.4 Å². The number of para-hydroxylation sites is 2. The molecule has 3 aromatic carbocycles. The minimum Gasteiger partial charge on any atom is -0.422 e. The van der Waals surface area contributed by atoms with Gasteiger partial charge in [-0.25, -0.2) is 4.79 Å². The molecule has 0 aliphatic rings. The number of nitrogens with zero attached hydrogens (tertiary/aromatic N) is 2. The second-order valence-corrected chi connectivity index (χ2v) is 7.12. The van der Waals surface area contributed by atoms with Crippen molar-refractivity contribution in [1.29, 1.82) is 0 Å². The Balaban J connectivity index is 1.87. The zero-order chi connectivity index (χ0) is 21.6. The lowest BCUT2D eigenvalue weighted by atomic mass is 10.1. The quantitative estimate of drug-likeness (QED) is 0.293. The van der Waals surface area contributed by atoms with Gasteiger partial charge in [-0.15, -0.1) is 0 Å². The van der Waals surface area contributed by atoms with Crippen LogP contribution in [0.25, 0.3) is 11.0 Å². The Hall–Kier alpha value is -3.86. The fourth-order valence-electron chi connectivity index (χ4n) is 3.56. The molecule has 0 saturated carbocycles. The monoisotopic (exact) mass is 411 g/mol. The molecule has 31 heavy (non-hydrogen) atoms. The molecule has 1 aromatic heterocycles. The Kier molecular flexibility index (Phi) is 6.13. The van der Waals surface area contributed by atoms with Gasteiger partial charge in [-0.05, 0) is 50.2 Å². The van der Waals surface area contributed by atoms with Gasteiger partial charge in [-0.1, -0.05) is 36.4 Å². The first-order valence-electron chi connectivity index (χ1n) is 10.5. The molecule has 0 amide bonds. The van der Waals surface area contributed by atoms with E-state index in [9.17, 15) is 4.79 Å². The molecule has 0 unspecified atom stereocenters. The molecule has 0 fully saturated rings. The maximum absolute atomic E-state index is 13.0. The lowest BCUT2D eigenvalue weighted by Crippen LogP contribution is -2.21. The second kappa shape index (κ2) is 9.30. The molecule has 0 saturated heterocycles. The Morgan fingerprint density at radius 3 is 2.29 bits per heavy atom. The summed E-state index contributed by atoms with van der Waals surface area (Å²) in [5.74, 6) is 0. The number of hydrogen-bond donors (Lipinski definition) is 1. The van der Waals surface area contributed by atoms with Gasteiger partial charge in [0, 0.05) is 42.1 Å². The average molecular weight is 412 g/mol. The predicted octanol–water partition coefficient (Wildman–Crippen LogP) is 6.13. The third kappa shape index (κ3) is 4.51. The molecule has 0 bridgehead atoms. The highest BCUT2D eigenvalue weighted by atomic mass is 16.4. The molecular formula is C26H25N3O2. The lowest BCUT2D eigenvalue weighted by Gasteiger charge is -2.21. The zero-order valence-corrected chi connectivity index (χ0v) is 17.7. The third-order valence-electron chi connectivity index (χ3n) is 5.20. The molecule has 0 spiro atoms. The van der Waals surface area contributed by atoms with Gasteiger partial charge in [0.1, 0.15) is 11.1 Å². The van der Waals surface area contributed by atoms with Gasteiger partial charge >= 0.3 is 5.63 Å². The molecule has 156 valence electrons. The van der Waals surface area contributed by atoms with Crippen molar-refractivity contribution in [2.24, 2.45) is 4.99 Å². The van der Waals surface area contributed by atoms with Gasteiger partial charge in [0.25, 0.3) is 0 Å². The lowest BCUT2D eigenvalue weighted by molar-refractivity contribution is 0.560. The Labute approximate surface area is 181 Å². The number of rotatable bonds is 7. The van der Waals surface area contributed by atoms with Gasteiger partial charge in [0.2, 0.25) is 0 Å². The summed E-state index contributed by atoms with van der Waals surface area (Å²) >= 11 is 0. The van der Waals surface area contributed by atoms with Crippen molar-refractivity contribution in [2.45, 2.75) is 13.8 Å². The first kappa shape index (κ1) is 20.4. The first-order valence-corrected chi connectivity index (χ1v) is 10.5. The standard InChI is InChI=1S/C26H25N3O2/c1-3-29(4-2)21-15-16-22-24(17-21)31-26(30)23(18-27-19-11-7-5-8-12-19)25(22)28-20-13-9-6-10-14-20/h5-18,28H,3-4H2,1-2H3. The average Bonchev–Trinajstić information content (AvgIpc) is 2.80. The molecule has 1 N–H and O–H groups in total. The summed E-state index contributed by atoms with van der Waals surface area (Å²) in [5.41, 5.74) is 3.86. The van der Waals surface area contributed by atoms with E-state index in [0.29, 0.717) is 16.8 Å². The van der Waals surface area contributed by atoms with Crippen molar-refractivity contribution in [3.05, 3.63) is 94.8 Å². The van der Waals surface area contributed by atoms with Crippen LogP contribution in [0.15, 0.2) is 93.1 Å². The van der Waals surface area contributed by atoms with E-state index in [-0.39, 0.29) is 0 Å². The molecule has 5 nitrogen and oxygen atoms in total. The molecule has 5 heteroatoms. The summed E-state index contributed by atoms with van der Waals surface area (Å²) in [5, 5.41) is 4.23. The van der Waals surface area contributed by atoms with Crippen molar-refractivity contribution in [3.63, 3.8) is 0 Å². The van der Waals surface area contributed by atoms with E-state index in [2.05, 4.69) is 35.1 Å². The number of hydrogen-bond acceptors (Lipinski definition) is 5. The number of nitrogens with one attached hydrogen (secondary N) is 1. The van der Waals surface area contributed by atoms with Crippen LogP contribution in [-0.4, -0.2) is 19.3 Å². The zero-order valence-electron chi connectivity index (χ0n) is 17.7. The Morgan fingerprint density at radius 1 is 0.935 bits per heavy atom. The number of fused-ring (bicyclic) bond motifs is 1. The summed E-state index contributed by atoms with van der Waals surface area (Å²) < 4.78 is 5.73. The van der Waals surface area contributed by atoms with Crippen LogP contribution in [0.3, 0.4) is 0 Å². The van der Waals surface area contributed by atoms with Gasteiger partial charge in [0.15, 0.2) is 0 Å². The van der Waals surface area contributed by atoms with E-state index >= 15 is 0 Å². The van der Waals surface area contributed by atoms with Crippen molar-refractivity contribution < 1.29 is 4.42 Å². The first-order chi connectivity index (χ1) is 15.2. The van der Waals surface area contributed by atoms with Crippen LogP contribution < -0.4 is 15.8 Å². The van der Waals surface area contributed by atoms with E-state index in [0.717, 1.165) is 35.5 Å². The van der Waals surface area contributed by atoms with Crippen molar-refractivity contribution >= 4 is 39.9 Å². The van der Waals surface area contributed by atoms with Gasteiger partial charge in [-0.2, -0.15) is 0 Å². The van der Waals surface area contributed by atoms with Crippen LogP contribution in [0.2, 0.25) is 0 Å². The van der Waals surface area contributed by atoms with Crippen LogP contribution in [-0.2, 0) is 0 Å². The highest BCUT2D eigenvalue weighted by Gasteiger charge is 2.15. The van der Waals surface area contributed by atoms with Crippen molar-refractivity contribution in [1.82, 2.24) is 0 Å². The van der Waals surface area contributed by atoms with Crippen LogP contribution in [0.5, 0.6) is 0 Å². The Bertz CT molecular complexity index is 1240. The van der Waals surface area contributed by atoms with E-state index in [1.807, 2.05) is 72.8 Å². The Morgan fingerprint density at radius 2 is 1.61 bits per heavy atom. The molecule has 4 rings (SSSR count). The predicted molar refractivity (Wildman–Crippen MR) is 129 cm³/mol. The molecule has 0 atom stereocenters. The normalized spacial score (nSPS) is 11.2. The third-order valence-corrected chi connectivity index (χ3v) is 5.20. The van der Waals surface area contributed by atoms with Crippen molar-refractivity contribution in [3.8, 4) is 0 Å². The van der Waals surface area contributed by atoms with Gasteiger partial charge in [0.05, 0.1) is 11.4 Å². The summed E-state index contributed by atoms with van der Waals surface area (Å²) in [7, 11) is 0. The summed E-state index contributed by atoms with van der Waals surface area (Å²) in [4.78, 5) is 19.7. The number of aliphatic imine (C=N–C) groups is 1. The van der Waals surface area contributed by atoms with Crippen LogP contribution >= 0.6 is 0 Å². The molecule has 0 aliphatic heterocycles. The molecular weight excluding hydrogens is 386 g/mol. The highest BCUT2D eigenvalue weighted by molar-refractivity contribution is 6.02. The minimum atomic E-state index is -0.428. The second-order valence-electron chi connectivity index (χ2n) is 7.12. The smallest absolute Gasteiger partial charge is 0.347 e. The molecule has 1 heterocycles. The maximum atomic E-state index is 13.0. The molecule has 0 aliphatic carbocycles. The SMILES string of the molecule is CCN(CC)c1ccc2c(Nc3ccccc3)c(C=Nc3ccccc3)c(=O)oc2c1. The number of benzene rings is 3. The van der Waals surface area contributed by atoms with Gasteiger partial charge < -0.3 is 14.6 Å². The van der Waals surface area contributed by atoms with Crippen LogP contribution in [0.4, 0.5) is 22.7 Å². The fourth-order valence-corrected chi connectivity index (χ4v) is 3.56. The number of anilines is 3. The van der Waals surface area contributed by atoms with E-state index < -0.39 is 5.63 Å². The van der Waals surface area contributed by atoms with Crippen molar-refractivity contribution in [2.75, 3.05) is 23.3 Å². The minimum absolute atomic E-state index is 0.385. The van der Waals surface area contributed by atoms with E-state index in [1.165, 1.54) is 0 Å². The van der Waals surface area contributed by atoms with E-state index in [4.69, 9.17) is 4.42 Å². The molecule has 4 aromatic rings. The largest absolute Gasteiger partial charge is 0.422 e. The van der Waals surface area contributed by atoms with E-state index in [1.54, 1.807) is 6.21 Å². The van der Waals surface area contributed by atoms with Crippen LogP contribution in [0, 0.1) is 0 Å².